The zero-order valence-electron chi connectivity index (χ0n) is 13.4. The van der Waals surface area contributed by atoms with E-state index in [-0.39, 0.29) is 0 Å². The zero-order chi connectivity index (χ0) is 16.6. The number of fused-ring (bicyclic) bond motifs is 3. The van der Waals surface area contributed by atoms with E-state index in [0.717, 1.165) is 33.1 Å². The second-order valence-corrected chi connectivity index (χ2v) is 6.02. The number of nitrogens with zero attached hydrogens (tertiary/aromatic N) is 2. The second-order valence-electron chi connectivity index (χ2n) is 6.02. The third kappa shape index (κ3) is 2.37. The summed E-state index contributed by atoms with van der Waals surface area (Å²) in [5, 5.41) is 2.23. The van der Waals surface area contributed by atoms with Crippen molar-refractivity contribution in [2.24, 2.45) is 0 Å². The average Bonchev–Trinajstić information content (AvgIpc) is 3.06. The summed E-state index contributed by atoms with van der Waals surface area (Å²) in [4.78, 5) is 8.22. The normalized spacial score (nSPS) is 11.2. The van der Waals surface area contributed by atoms with E-state index in [9.17, 15) is 0 Å². The molecule has 0 spiro atoms. The number of hydrogen-bond donors (Lipinski definition) is 0. The quantitative estimate of drug-likeness (QED) is 0.418. The Hall–Kier alpha value is -3.46. The Kier molecular flexibility index (Phi) is 3.10. The van der Waals surface area contributed by atoms with Crippen LogP contribution in [-0.4, -0.2) is 9.97 Å². The molecule has 0 saturated heterocycles. The summed E-state index contributed by atoms with van der Waals surface area (Å²) in [6, 6.07) is 22.9. The molecule has 2 heterocycles. The molecule has 0 saturated carbocycles. The van der Waals surface area contributed by atoms with E-state index in [1.165, 1.54) is 11.1 Å². The van der Waals surface area contributed by atoms with Gasteiger partial charge >= 0.3 is 0 Å². The van der Waals surface area contributed by atoms with Crippen molar-refractivity contribution in [1.82, 2.24) is 9.97 Å². The standard InChI is InChI=1S/C22H14N2O/c1-2-4-15(5-3-1)16-6-8-21-19(10-16)20-11-17(7-9-22(20)25-21)18-12-23-14-24-13-18/h1-14H. The molecule has 0 aliphatic rings. The minimum Gasteiger partial charge on any atom is -0.456 e. The predicted octanol–water partition coefficient (Wildman–Crippen LogP) is 5.71. The first-order valence-corrected chi connectivity index (χ1v) is 8.16. The van der Waals surface area contributed by atoms with Crippen LogP contribution in [0.3, 0.4) is 0 Å². The van der Waals surface area contributed by atoms with E-state index in [1.54, 1.807) is 6.33 Å². The average molecular weight is 322 g/mol. The van der Waals surface area contributed by atoms with Crippen LogP contribution < -0.4 is 0 Å². The van der Waals surface area contributed by atoms with Gasteiger partial charge in [-0.25, -0.2) is 9.97 Å². The van der Waals surface area contributed by atoms with Crippen molar-refractivity contribution in [3.63, 3.8) is 0 Å². The summed E-state index contributed by atoms with van der Waals surface area (Å²) in [6.07, 6.45) is 5.19. The van der Waals surface area contributed by atoms with E-state index in [1.807, 2.05) is 36.7 Å². The van der Waals surface area contributed by atoms with Crippen LogP contribution in [0, 0.1) is 0 Å². The lowest BCUT2D eigenvalue weighted by Crippen LogP contribution is -1.81. The molecule has 0 radical (unpaired) electrons. The van der Waals surface area contributed by atoms with E-state index in [2.05, 4.69) is 52.4 Å². The van der Waals surface area contributed by atoms with Gasteiger partial charge in [0.05, 0.1) is 0 Å². The maximum Gasteiger partial charge on any atom is 0.135 e. The molecule has 2 aromatic heterocycles. The van der Waals surface area contributed by atoms with Crippen LogP contribution in [0.1, 0.15) is 0 Å². The number of hydrogen-bond acceptors (Lipinski definition) is 3. The van der Waals surface area contributed by atoms with Gasteiger partial charge in [-0.1, -0.05) is 42.5 Å². The highest BCUT2D eigenvalue weighted by atomic mass is 16.3. The molecular formula is C22H14N2O. The summed E-state index contributed by atoms with van der Waals surface area (Å²) in [5.74, 6) is 0. The van der Waals surface area contributed by atoms with Crippen molar-refractivity contribution in [2.75, 3.05) is 0 Å². The van der Waals surface area contributed by atoms with Crippen LogP contribution in [0.15, 0.2) is 89.9 Å². The molecule has 3 aromatic carbocycles. The Balaban J connectivity index is 1.73. The Morgan fingerprint density at radius 2 is 1.16 bits per heavy atom. The zero-order valence-corrected chi connectivity index (χ0v) is 13.4. The lowest BCUT2D eigenvalue weighted by atomic mass is 10.0. The number of benzene rings is 3. The van der Waals surface area contributed by atoms with Crippen LogP contribution in [0.2, 0.25) is 0 Å². The summed E-state index contributed by atoms with van der Waals surface area (Å²) in [7, 11) is 0. The molecule has 0 aliphatic heterocycles. The first kappa shape index (κ1) is 13.9. The van der Waals surface area contributed by atoms with Crippen molar-refractivity contribution in [3.8, 4) is 22.3 Å². The highest BCUT2D eigenvalue weighted by Crippen LogP contribution is 2.34. The van der Waals surface area contributed by atoms with Gasteiger partial charge in [0.25, 0.3) is 0 Å². The van der Waals surface area contributed by atoms with Crippen LogP contribution in [0.25, 0.3) is 44.2 Å². The fourth-order valence-electron chi connectivity index (χ4n) is 3.22. The van der Waals surface area contributed by atoms with Gasteiger partial charge in [-0.15, -0.1) is 0 Å². The number of aromatic nitrogens is 2. The van der Waals surface area contributed by atoms with Gasteiger partial charge in [-0.3, -0.25) is 0 Å². The van der Waals surface area contributed by atoms with Gasteiger partial charge < -0.3 is 4.42 Å². The first-order valence-electron chi connectivity index (χ1n) is 8.16. The van der Waals surface area contributed by atoms with Crippen molar-refractivity contribution in [1.29, 1.82) is 0 Å². The molecule has 25 heavy (non-hydrogen) atoms. The predicted molar refractivity (Wildman–Crippen MR) is 100 cm³/mol. The molecule has 0 bridgehead atoms. The third-order valence-corrected chi connectivity index (χ3v) is 4.47. The maximum atomic E-state index is 6.00. The van der Waals surface area contributed by atoms with Gasteiger partial charge in [0, 0.05) is 28.7 Å². The Morgan fingerprint density at radius 1 is 0.560 bits per heavy atom. The van der Waals surface area contributed by atoms with Gasteiger partial charge in [0.1, 0.15) is 17.5 Å². The SMILES string of the molecule is c1ccc(-c2ccc3oc4ccc(-c5cncnc5)cc4c3c2)cc1. The van der Waals surface area contributed by atoms with Gasteiger partial charge in [0.15, 0.2) is 0 Å². The number of furan rings is 1. The maximum absolute atomic E-state index is 6.00. The molecule has 3 heteroatoms. The van der Waals surface area contributed by atoms with Gasteiger partial charge in [-0.2, -0.15) is 0 Å². The third-order valence-electron chi connectivity index (χ3n) is 4.47. The van der Waals surface area contributed by atoms with Gasteiger partial charge in [-0.05, 0) is 41.0 Å². The minimum absolute atomic E-state index is 0.890. The van der Waals surface area contributed by atoms with E-state index >= 15 is 0 Å². The highest BCUT2D eigenvalue weighted by Gasteiger charge is 2.10. The Bertz CT molecular complexity index is 1080. The van der Waals surface area contributed by atoms with E-state index in [4.69, 9.17) is 4.42 Å². The van der Waals surface area contributed by atoms with Crippen molar-refractivity contribution < 1.29 is 4.42 Å². The molecule has 5 rings (SSSR count). The molecule has 0 unspecified atom stereocenters. The molecule has 0 atom stereocenters. The Morgan fingerprint density at radius 3 is 1.80 bits per heavy atom. The topological polar surface area (TPSA) is 38.9 Å². The minimum atomic E-state index is 0.890. The van der Waals surface area contributed by atoms with Gasteiger partial charge in [0.2, 0.25) is 0 Å². The van der Waals surface area contributed by atoms with Crippen molar-refractivity contribution in [2.45, 2.75) is 0 Å². The van der Waals surface area contributed by atoms with E-state index < -0.39 is 0 Å². The molecule has 0 aliphatic carbocycles. The monoisotopic (exact) mass is 322 g/mol. The molecule has 0 amide bonds. The largest absolute Gasteiger partial charge is 0.456 e. The highest BCUT2D eigenvalue weighted by molar-refractivity contribution is 6.07. The second kappa shape index (κ2) is 5.56. The number of rotatable bonds is 2. The van der Waals surface area contributed by atoms with Crippen LogP contribution >= 0.6 is 0 Å². The first-order chi connectivity index (χ1) is 12.4. The Labute approximate surface area is 144 Å². The van der Waals surface area contributed by atoms with Crippen molar-refractivity contribution >= 4 is 21.9 Å². The van der Waals surface area contributed by atoms with Crippen molar-refractivity contribution in [3.05, 3.63) is 85.5 Å². The summed E-state index contributed by atoms with van der Waals surface area (Å²) < 4.78 is 6.00. The fraction of sp³-hybridized carbons (Fsp3) is 0. The molecular weight excluding hydrogens is 308 g/mol. The lowest BCUT2D eigenvalue weighted by molar-refractivity contribution is 0.669. The smallest absolute Gasteiger partial charge is 0.135 e. The molecule has 3 nitrogen and oxygen atoms in total. The molecule has 0 fully saturated rings. The summed E-state index contributed by atoms with van der Waals surface area (Å²) in [5.41, 5.74) is 6.26. The molecule has 118 valence electrons. The van der Waals surface area contributed by atoms with E-state index in [0.29, 0.717) is 0 Å². The fourth-order valence-corrected chi connectivity index (χ4v) is 3.22. The van der Waals surface area contributed by atoms with Crippen LogP contribution in [0.5, 0.6) is 0 Å². The summed E-state index contributed by atoms with van der Waals surface area (Å²) in [6.45, 7) is 0. The van der Waals surface area contributed by atoms with Crippen LogP contribution in [-0.2, 0) is 0 Å². The molecule has 0 N–H and O–H groups in total. The van der Waals surface area contributed by atoms with Crippen LogP contribution in [0.4, 0.5) is 0 Å². The lowest BCUT2D eigenvalue weighted by Gasteiger charge is -2.02. The molecule has 5 aromatic rings. The summed E-state index contributed by atoms with van der Waals surface area (Å²) >= 11 is 0.